The van der Waals surface area contributed by atoms with Gasteiger partial charge in [-0.25, -0.2) is 4.79 Å². The maximum Gasteiger partial charge on any atom is 0.374 e. The van der Waals surface area contributed by atoms with Crippen LogP contribution >= 0.6 is 11.6 Å². The van der Waals surface area contributed by atoms with Crippen molar-refractivity contribution in [2.45, 2.75) is 19.3 Å². The fourth-order valence-electron chi connectivity index (χ4n) is 1.94. The highest BCUT2D eigenvalue weighted by molar-refractivity contribution is 6.35. The van der Waals surface area contributed by atoms with Gasteiger partial charge in [0.1, 0.15) is 0 Å². The quantitative estimate of drug-likeness (QED) is 0.611. The molecule has 0 saturated heterocycles. The van der Waals surface area contributed by atoms with Crippen molar-refractivity contribution >= 4 is 23.4 Å². The van der Waals surface area contributed by atoms with E-state index in [1.807, 2.05) is 18.2 Å². The molecule has 1 aliphatic rings. The average molecular weight is 253 g/mol. The van der Waals surface area contributed by atoms with E-state index in [2.05, 4.69) is 0 Å². The van der Waals surface area contributed by atoms with Gasteiger partial charge in [0.15, 0.2) is 0 Å². The molecule has 2 atom stereocenters. The monoisotopic (exact) mass is 252 g/mol. The Bertz CT molecular complexity index is 456. The first-order valence-electron chi connectivity index (χ1n) is 5.60. The number of hydrogen-bond donors (Lipinski definition) is 0. The van der Waals surface area contributed by atoms with Crippen molar-refractivity contribution in [1.29, 1.82) is 0 Å². The van der Waals surface area contributed by atoms with Crippen molar-refractivity contribution < 1.29 is 14.3 Å². The zero-order valence-corrected chi connectivity index (χ0v) is 10.2. The number of halogens is 1. The summed E-state index contributed by atoms with van der Waals surface area (Å²) in [5, 5.41) is 0.650. The minimum atomic E-state index is -0.720. The minimum Gasteiger partial charge on any atom is -0.460 e. The van der Waals surface area contributed by atoms with Crippen molar-refractivity contribution in [3.05, 3.63) is 34.9 Å². The summed E-state index contributed by atoms with van der Waals surface area (Å²) in [4.78, 5) is 22.9. The summed E-state index contributed by atoms with van der Waals surface area (Å²) in [6, 6.07) is 7.40. The summed E-state index contributed by atoms with van der Waals surface area (Å²) in [7, 11) is 0. The molecule has 2 rings (SSSR count). The van der Waals surface area contributed by atoms with E-state index in [9.17, 15) is 9.59 Å². The Kier molecular flexibility index (Phi) is 3.48. The van der Waals surface area contributed by atoms with E-state index in [-0.39, 0.29) is 18.4 Å². The second-order valence-corrected chi connectivity index (χ2v) is 4.52. The third-order valence-corrected chi connectivity index (χ3v) is 3.12. The Hall–Kier alpha value is -1.35. The van der Waals surface area contributed by atoms with Crippen LogP contribution in [0.3, 0.4) is 0 Å². The number of hydrogen-bond acceptors (Lipinski definition) is 3. The molecule has 1 aromatic rings. The molecule has 0 bridgehead atoms. The summed E-state index contributed by atoms with van der Waals surface area (Å²) < 4.78 is 4.70. The largest absolute Gasteiger partial charge is 0.460 e. The molecule has 1 fully saturated rings. The van der Waals surface area contributed by atoms with E-state index in [0.29, 0.717) is 11.4 Å². The molecule has 0 N–H and O–H groups in total. The van der Waals surface area contributed by atoms with Gasteiger partial charge in [0.25, 0.3) is 0 Å². The van der Waals surface area contributed by atoms with Gasteiger partial charge in [-0.1, -0.05) is 23.7 Å². The molecule has 0 aliphatic heterocycles. The van der Waals surface area contributed by atoms with Crippen molar-refractivity contribution in [3.63, 3.8) is 0 Å². The van der Waals surface area contributed by atoms with Gasteiger partial charge in [0.2, 0.25) is 5.78 Å². The third-order valence-electron chi connectivity index (χ3n) is 2.88. The van der Waals surface area contributed by atoms with Crippen LogP contribution in [0.4, 0.5) is 0 Å². The zero-order valence-electron chi connectivity index (χ0n) is 9.48. The predicted molar refractivity (Wildman–Crippen MR) is 63.9 cm³/mol. The molecule has 1 saturated carbocycles. The molecule has 0 spiro atoms. The SMILES string of the molecule is CCOC(=O)C(=O)C1C[C@H]1c1cccc(Cl)c1. The minimum absolute atomic E-state index is 0.116. The first-order valence-corrected chi connectivity index (χ1v) is 5.97. The van der Waals surface area contributed by atoms with Gasteiger partial charge >= 0.3 is 5.97 Å². The predicted octanol–water partition coefficient (Wildman–Crippen LogP) is 2.58. The van der Waals surface area contributed by atoms with E-state index < -0.39 is 11.8 Å². The smallest absolute Gasteiger partial charge is 0.374 e. The Balaban J connectivity index is 2.01. The number of Topliss-reactive ketones (excluding diaryl/α,β-unsaturated/α-hetero) is 1. The van der Waals surface area contributed by atoms with Crippen LogP contribution in [-0.2, 0) is 14.3 Å². The van der Waals surface area contributed by atoms with Crippen LogP contribution in [0.2, 0.25) is 5.02 Å². The zero-order chi connectivity index (χ0) is 12.4. The van der Waals surface area contributed by atoms with Crippen LogP contribution in [0.5, 0.6) is 0 Å². The third kappa shape index (κ3) is 2.67. The molecule has 1 aromatic carbocycles. The van der Waals surface area contributed by atoms with Gasteiger partial charge in [-0.05, 0) is 37.0 Å². The topological polar surface area (TPSA) is 43.4 Å². The van der Waals surface area contributed by atoms with Gasteiger partial charge < -0.3 is 4.74 Å². The van der Waals surface area contributed by atoms with Crippen LogP contribution in [0, 0.1) is 5.92 Å². The maximum absolute atomic E-state index is 11.7. The molecule has 90 valence electrons. The van der Waals surface area contributed by atoms with E-state index in [0.717, 1.165) is 5.56 Å². The lowest BCUT2D eigenvalue weighted by atomic mass is 10.1. The Morgan fingerprint density at radius 1 is 1.47 bits per heavy atom. The molecular weight excluding hydrogens is 240 g/mol. The van der Waals surface area contributed by atoms with E-state index >= 15 is 0 Å². The number of ketones is 1. The van der Waals surface area contributed by atoms with Crippen LogP contribution in [0.25, 0.3) is 0 Å². The molecule has 4 heteroatoms. The molecule has 0 heterocycles. The van der Waals surface area contributed by atoms with Gasteiger partial charge in [0.05, 0.1) is 6.61 Å². The fraction of sp³-hybridized carbons (Fsp3) is 0.385. The normalized spacial score (nSPS) is 22.0. The van der Waals surface area contributed by atoms with Crippen molar-refractivity contribution in [2.75, 3.05) is 6.61 Å². The molecule has 1 unspecified atom stereocenters. The first kappa shape index (κ1) is 12.1. The van der Waals surface area contributed by atoms with Crippen molar-refractivity contribution in [1.82, 2.24) is 0 Å². The molecule has 0 amide bonds. The number of esters is 1. The molecular formula is C13H13ClO3. The highest BCUT2D eigenvalue weighted by Crippen LogP contribution is 2.48. The van der Waals surface area contributed by atoms with E-state index in [1.165, 1.54) is 0 Å². The van der Waals surface area contributed by atoms with Gasteiger partial charge in [-0.15, -0.1) is 0 Å². The van der Waals surface area contributed by atoms with Crippen LogP contribution in [-0.4, -0.2) is 18.4 Å². The molecule has 1 aliphatic carbocycles. The summed E-state index contributed by atoms with van der Waals surface area (Å²) in [5.74, 6) is -1.25. The fourth-order valence-corrected chi connectivity index (χ4v) is 2.14. The number of ether oxygens (including phenoxy) is 1. The summed E-state index contributed by atoms with van der Waals surface area (Å²) in [6.45, 7) is 1.92. The lowest BCUT2D eigenvalue weighted by Crippen LogP contribution is -2.19. The summed E-state index contributed by atoms with van der Waals surface area (Å²) >= 11 is 5.88. The van der Waals surface area contributed by atoms with E-state index in [1.54, 1.807) is 13.0 Å². The summed E-state index contributed by atoms with van der Waals surface area (Å²) in [5.41, 5.74) is 1.01. The Morgan fingerprint density at radius 2 is 2.24 bits per heavy atom. The molecule has 0 radical (unpaired) electrons. The number of carbonyl (C=O) groups excluding carboxylic acids is 2. The second-order valence-electron chi connectivity index (χ2n) is 4.09. The number of rotatable bonds is 4. The Morgan fingerprint density at radius 3 is 2.88 bits per heavy atom. The lowest BCUT2D eigenvalue weighted by Gasteiger charge is -2.01. The highest BCUT2D eigenvalue weighted by Gasteiger charge is 2.46. The number of benzene rings is 1. The molecule has 17 heavy (non-hydrogen) atoms. The van der Waals surface area contributed by atoms with Gasteiger partial charge in [-0.3, -0.25) is 4.79 Å². The van der Waals surface area contributed by atoms with E-state index in [4.69, 9.17) is 16.3 Å². The van der Waals surface area contributed by atoms with Crippen molar-refractivity contribution in [2.24, 2.45) is 5.92 Å². The van der Waals surface area contributed by atoms with Gasteiger partial charge in [0, 0.05) is 10.9 Å². The van der Waals surface area contributed by atoms with Crippen LogP contribution < -0.4 is 0 Å². The highest BCUT2D eigenvalue weighted by atomic mass is 35.5. The molecule has 0 aromatic heterocycles. The first-order chi connectivity index (χ1) is 8.13. The average Bonchev–Trinajstić information content (AvgIpc) is 3.08. The molecule has 3 nitrogen and oxygen atoms in total. The van der Waals surface area contributed by atoms with Gasteiger partial charge in [-0.2, -0.15) is 0 Å². The van der Waals surface area contributed by atoms with Crippen molar-refractivity contribution in [3.8, 4) is 0 Å². The Labute approximate surface area is 105 Å². The maximum atomic E-state index is 11.7. The van der Waals surface area contributed by atoms with Crippen LogP contribution in [0.15, 0.2) is 24.3 Å². The number of carbonyl (C=O) groups is 2. The van der Waals surface area contributed by atoms with Crippen LogP contribution in [0.1, 0.15) is 24.8 Å². The summed E-state index contributed by atoms with van der Waals surface area (Å²) in [6.07, 6.45) is 0.706. The lowest BCUT2D eigenvalue weighted by molar-refractivity contribution is -0.154. The standard InChI is InChI=1S/C13H13ClO3/c1-2-17-13(16)12(15)11-7-10(11)8-4-3-5-9(14)6-8/h3-6,10-11H,2,7H2,1H3/t10-,11?/m0/s1. The second kappa shape index (κ2) is 4.88.